The maximum Gasteiger partial charge on any atom is 0.237 e. The third kappa shape index (κ3) is 6.12. The zero-order valence-electron chi connectivity index (χ0n) is 16.1. The van der Waals surface area contributed by atoms with Crippen LogP contribution in [0.1, 0.15) is 58.4 Å². The Kier molecular flexibility index (Phi) is 7.45. The van der Waals surface area contributed by atoms with Gasteiger partial charge in [-0.2, -0.15) is 0 Å². The highest BCUT2D eigenvalue weighted by Crippen LogP contribution is 2.24. The van der Waals surface area contributed by atoms with Crippen LogP contribution in [0.5, 0.6) is 0 Å². The number of carbonyl (C=O) groups is 1. The van der Waals surface area contributed by atoms with Gasteiger partial charge in [0.25, 0.3) is 0 Å². The summed E-state index contributed by atoms with van der Waals surface area (Å²) < 4.78 is 0. The van der Waals surface area contributed by atoms with Gasteiger partial charge in [-0.25, -0.2) is 0 Å². The summed E-state index contributed by atoms with van der Waals surface area (Å²) in [5.74, 6) is 0.148. The second-order valence-corrected chi connectivity index (χ2v) is 8.12. The highest BCUT2D eigenvalue weighted by Gasteiger charge is 2.30. The number of amides is 1. The van der Waals surface area contributed by atoms with Crippen molar-refractivity contribution >= 4 is 5.91 Å². The molecule has 2 rings (SSSR count). The Labute approximate surface area is 152 Å². The quantitative estimate of drug-likeness (QED) is 0.822. The Hall–Kier alpha value is -1.39. The first-order valence-electron chi connectivity index (χ1n) is 9.61. The topological polar surface area (TPSA) is 43.8 Å². The van der Waals surface area contributed by atoms with E-state index in [4.69, 9.17) is 0 Å². The summed E-state index contributed by atoms with van der Waals surface area (Å²) in [4.78, 5) is 17.3. The van der Waals surface area contributed by atoms with Crippen LogP contribution >= 0.6 is 0 Å². The maximum absolute atomic E-state index is 13.1. The Balaban J connectivity index is 2.08. The van der Waals surface area contributed by atoms with E-state index in [1.807, 2.05) is 23.1 Å². The van der Waals surface area contributed by atoms with E-state index in [1.165, 1.54) is 19.3 Å². The molecule has 0 aliphatic heterocycles. The molecule has 0 bridgehead atoms. The molecule has 1 aliphatic rings. The molecule has 1 amide bonds. The summed E-state index contributed by atoms with van der Waals surface area (Å²) >= 11 is 0. The van der Waals surface area contributed by atoms with Crippen molar-refractivity contribution in [1.29, 1.82) is 0 Å². The first kappa shape index (κ1) is 19.9. The lowest BCUT2D eigenvalue weighted by Gasteiger charge is -2.39. The fourth-order valence-electron chi connectivity index (χ4n) is 3.69. The van der Waals surface area contributed by atoms with Crippen LogP contribution in [0.25, 0.3) is 0 Å². The maximum atomic E-state index is 13.1. The molecular formula is C21H34N2O2. The van der Waals surface area contributed by atoms with E-state index in [-0.39, 0.29) is 18.1 Å². The van der Waals surface area contributed by atoms with Crippen LogP contribution in [-0.4, -0.2) is 52.1 Å². The lowest BCUT2D eigenvalue weighted by atomic mass is 9.94. The van der Waals surface area contributed by atoms with Crippen LogP contribution in [0, 0.1) is 0 Å². The van der Waals surface area contributed by atoms with Crippen LogP contribution in [0.3, 0.4) is 0 Å². The molecule has 1 aromatic carbocycles. The van der Waals surface area contributed by atoms with Crippen molar-refractivity contribution < 1.29 is 9.90 Å². The van der Waals surface area contributed by atoms with Crippen molar-refractivity contribution in [2.24, 2.45) is 0 Å². The van der Waals surface area contributed by atoms with Crippen molar-refractivity contribution in [3.63, 3.8) is 0 Å². The number of nitrogens with zero attached hydrogens (tertiary/aromatic N) is 2. The van der Waals surface area contributed by atoms with Gasteiger partial charge in [-0.1, -0.05) is 49.6 Å². The smallest absolute Gasteiger partial charge is 0.237 e. The molecule has 4 nitrogen and oxygen atoms in total. The summed E-state index contributed by atoms with van der Waals surface area (Å²) in [6, 6.07) is 10.6. The van der Waals surface area contributed by atoms with Gasteiger partial charge in [0.05, 0.1) is 13.2 Å². The molecule has 25 heavy (non-hydrogen) atoms. The van der Waals surface area contributed by atoms with Gasteiger partial charge >= 0.3 is 0 Å². The normalized spacial score (nSPS) is 16.2. The van der Waals surface area contributed by atoms with E-state index in [2.05, 4.69) is 37.8 Å². The van der Waals surface area contributed by atoms with E-state index in [1.54, 1.807) is 0 Å². The molecule has 0 heterocycles. The summed E-state index contributed by atoms with van der Waals surface area (Å²) in [6.45, 7) is 7.98. The molecule has 0 radical (unpaired) electrons. The second kappa shape index (κ2) is 9.35. The number of aliphatic hydroxyl groups excluding tert-OH is 1. The summed E-state index contributed by atoms with van der Waals surface area (Å²) in [7, 11) is 0. The van der Waals surface area contributed by atoms with Gasteiger partial charge in [-0.15, -0.1) is 0 Å². The minimum atomic E-state index is -0.232. The molecule has 0 aromatic heterocycles. The zero-order chi connectivity index (χ0) is 18.3. The molecule has 1 aromatic rings. The number of hydrogen-bond donors (Lipinski definition) is 1. The molecule has 1 aliphatic carbocycles. The van der Waals surface area contributed by atoms with Gasteiger partial charge < -0.3 is 10.0 Å². The fourth-order valence-corrected chi connectivity index (χ4v) is 3.69. The Morgan fingerprint density at radius 2 is 1.76 bits per heavy atom. The minimum Gasteiger partial charge on any atom is -0.395 e. The van der Waals surface area contributed by atoms with Crippen molar-refractivity contribution in [3.05, 3.63) is 35.9 Å². The monoisotopic (exact) mass is 346 g/mol. The predicted octanol–water partition coefficient (Wildman–Crippen LogP) is 3.44. The van der Waals surface area contributed by atoms with Crippen LogP contribution in [0.2, 0.25) is 0 Å². The van der Waals surface area contributed by atoms with E-state index >= 15 is 0 Å². The number of aliphatic hydroxyl groups is 1. The molecule has 0 atom stereocenters. The summed E-state index contributed by atoms with van der Waals surface area (Å²) in [6.07, 6.45) is 6.03. The van der Waals surface area contributed by atoms with Crippen LogP contribution < -0.4 is 0 Å². The molecule has 1 N–H and O–H groups in total. The third-order valence-corrected chi connectivity index (χ3v) is 5.11. The fraction of sp³-hybridized carbons (Fsp3) is 0.667. The van der Waals surface area contributed by atoms with Gasteiger partial charge in [0.15, 0.2) is 0 Å². The molecule has 1 fully saturated rings. The largest absolute Gasteiger partial charge is 0.395 e. The van der Waals surface area contributed by atoms with E-state index in [9.17, 15) is 9.90 Å². The lowest BCUT2D eigenvalue weighted by molar-refractivity contribution is -0.139. The van der Waals surface area contributed by atoms with Gasteiger partial charge in [0, 0.05) is 24.7 Å². The molecular weight excluding hydrogens is 312 g/mol. The Morgan fingerprint density at radius 1 is 1.12 bits per heavy atom. The van der Waals surface area contributed by atoms with Crippen molar-refractivity contribution in [2.45, 2.75) is 71.0 Å². The van der Waals surface area contributed by atoms with E-state index < -0.39 is 0 Å². The van der Waals surface area contributed by atoms with Crippen LogP contribution in [0.15, 0.2) is 30.3 Å². The molecule has 1 saturated carbocycles. The average molecular weight is 347 g/mol. The summed E-state index contributed by atoms with van der Waals surface area (Å²) in [5.41, 5.74) is 0.918. The van der Waals surface area contributed by atoms with Gasteiger partial charge in [-0.3, -0.25) is 9.69 Å². The van der Waals surface area contributed by atoms with Gasteiger partial charge in [-0.05, 0) is 39.2 Å². The average Bonchev–Trinajstić information content (AvgIpc) is 2.60. The first-order valence-corrected chi connectivity index (χ1v) is 9.61. The zero-order valence-corrected chi connectivity index (χ0v) is 16.1. The first-order chi connectivity index (χ1) is 11.9. The number of carbonyl (C=O) groups excluding carboxylic acids is 1. The predicted molar refractivity (Wildman–Crippen MR) is 102 cm³/mol. The van der Waals surface area contributed by atoms with Crippen LogP contribution in [0.4, 0.5) is 0 Å². The lowest BCUT2D eigenvalue weighted by Crippen LogP contribution is -2.51. The molecule has 0 spiro atoms. The molecule has 0 unspecified atom stereocenters. The van der Waals surface area contributed by atoms with Crippen molar-refractivity contribution in [3.8, 4) is 0 Å². The molecule has 0 saturated heterocycles. The SMILES string of the molecule is CC(C)(C)N(Cc1ccccc1)C(=O)CN(CCO)C1CCCCC1. The number of benzene rings is 1. The number of hydrogen-bond acceptors (Lipinski definition) is 3. The Morgan fingerprint density at radius 3 is 2.32 bits per heavy atom. The van der Waals surface area contributed by atoms with Crippen molar-refractivity contribution in [1.82, 2.24) is 9.80 Å². The molecule has 4 heteroatoms. The van der Waals surface area contributed by atoms with Crippen molar-refractivity contribution in [2.75, 3.05) is 19.7 Å². The highest BCUT2D eigenvalue weighted by molar-refractivity contribution is 5.79. The highest BCUT2D eigenvalue weighted by atomic mass is 16.3. The van der Waals surface area contributed by atoms with Gasteiger partial charge in [0.2, 0.25) is 5.91 Å². The summed E-state index contributed by atoms with van der Waals surface area (Å²) in [5, 5.41) is 9.45. The molecule has 140 valence electrons. The minimum absolute atomic E-state index is 0.109. The third-order valence-electron chi connectivity index (χ3n) is 5.11. The van der Waals surface area contributed by atoms with E-state index in [0.29, 0.717) is 25.7 Å². The van der Waals surface area contributed by atoms with Crippen LogP contribution in [-0.2, 0) is 11.3 Å². The van der Waals surface area contributed by atoms with Gasteiger partial charge in [0.1, 0.15) is 0 Å². The standard InChI is InChI=1S/C21H34N2O2/c1-21(2,3)23(16-18-10-6-4-7-11-18)20(25)17-22(14-15-24)19-12-8-5-9-13-19/h4,6-7,10-11,19,24H,5,8-9,12-17H2,1-3H3. The van der Waals surface area contributed by atoms with E-state index in [0.717, 1.165) is 18.4 Å². The second-order valence-electron chi connectivity index (χ2n) is 8.12. The Bertz CT molecular complexity index is 518. The number of rotatable bonds is 7.